The Morgan fingerprint density at radius 1 is 0.842 bits per heavy atom. The molecule has 1 unspecified atom stereocenters. The summed E-state index contributed by atoms with van der Waals surface area (Å²) in [4.78, 5) is 0. The van der Waals surface area contributed by atoms with Gasteiger partial charge in [0.2, 0.25) is 0 Å². The van der Waals surface area contributed by atoms with E-state index in [-0.39, 0.29) is 41.3 Å². The molecule has 0 aromatic heterocycles. The second kappa shape index (κ2) is 7.81. The molecule has 0 aliphatic heterocycles. The summed E-state index contributed by atoms with van der Waals surface area (Å²) >= 11 is 2.84. The molecule has 1 aliphatic carbocycles. The third-order valence-corrected chi connectivity index (χ3v) is 4.65. The second-order valence-electron chi connectivity index (χ2n) is 4.69. The number of hydrogen-bond donors (Lipinski definition) is 0. The van der Waals surface area contributed by atoms with Crippen molar-refractivity contribution in [3.63, 3.8) is 0 Å². The maximum absolute atomic E-state index is 2.84. The van der Waals surface area contributed by atoms with E-state index in [2.05, 4.69) is 75.5 Å². The van der Waals surface area contributed by atoms with Crippen LogP contribution in [0.4, 0.5) is 0 Å². The molecule has 0 saturated carbocycles. The van der Waals surface area contributed by atoms with Crippen LogP contribution in [-0.4, -0.2) is 0 Å². The van der Waals surface area contributed by atoms with Gasteiger partial charge in [-0.3, -0.25) is 0 Å². The van der Waals surface area contributed by atoms with Crippen LogP contribution >= 0.6 is 0 Å². The molecule has 1 aromatic carbocycles. The van der Waals surface area contributed by atoms with Crippen LogP contribution in [0.1, 0.15) is 33.3 Å². The maximum atomic E-state index is 2.84. The average Bonchev–Trinajstić information content (AvgIpc) is 2.41. The molecule has 0 spiro atoms. The summed E-state index contributed by atoms with van der Waals surface area (Å²) in [5.41, 5.74) is 7.17. The Morgan fingerprint density at radius 2 is 1.32 bits per heavy atom. The third kappa shape index (κ3) is 3.62. The molecular formula is C15H17Cl3V. The minimum absolute atomic E-state index is 0. The van der Waals surface area contributed by atoms with Crippen LogP contribution in [0.2, 0.25) is 4.13 Å². The van der Waals surface area contributed by atoms with Gasteiger partial charge in [-0.05, 0) is 0 Å². The van der Waals surface area contributed by atoms with Crippen LogP contribution in [-0.2, 0) is 17.4 Å². The summed E-state index contributed by atoms with van der Waals surface area (Å²) < 4.78 is 0.114. The topological polar surface area (TPSA) is 0 Å². The van der Waals surface area contributed by atoms with E-state index in [1.165, 1.54) is 27.9 Å². The molecule has 0 saturated heterocycles. The summed E-state index contributed by atoms with van der Waals surface area (Å²) in [6.07, 6.45) is 0. The van der Waals surface area contributed by atoms with Gasteiger partial charge in [0.25, 0.3) is 0 Å². The SMILES string of the molecule is CC1=C(C)[C](C)([V+3])C(c2ccccc2)=C1C.[Cl-].[Cl-].[Cl-]. The zero-order valence-corrected chi connectivity index (χ0v) is 15.1. The molecule has 0 fully saturated rings. The Balaban J connectivity index is 0. The first kappa shape index (κ1) is 21.5. The quantitative estimate of drug-likeness (QED) is 0.477. The van der Waals surface area contributed by atoms with Crippen molar-refractivity contribution < 1.29 is 54.6 Å². The van der Waals surface area contributed by atoms with Crippen LogP contribution in [0.15, 0.2) is 47.1 Å². The number of hydrogen-bond acceptors (Lipinski definition) is 0. The molecule has 103 valence electrons. The van der Waals surface area contributed by atoms with E-state index in [1.807, 2.05) is 0 Å². The van der Waals surface area contributed by atoms with Gasteiger partial charge in [0.05, 0.1) is 0 Å². The molecule has 1 aliphatic rings. The number of rotatable bonds is 1. The summed E-state index contributed by atoms with van der Waals surface area (Å²) in [7, 11) is 0. The maximum Gasteiger partial charge on any atom is -1.00 e. The Labute approximate surface area is 144 Å². The van der Waals surface area contributed by atoms with Crippen molar-refractivity contribution >= 4 is 5.57 Å². The molecule has 19 heavy (non-hydrogen) atoms. The Bertz CT molecular complexity index is 487. The first-order valence-electron chi connectivity index (χ1n) is 5.63. The van der Waals surface area contributed by atoms with Crippen molar-refractivity contribution in [2.24, 2.45) is 0 Å². The van der Waals surface area contributed by atoms with E-state index >= 15 is 0 Å². The smallest absolute Gasteiger partial charge is 1.00 e. The fraction of sp³-hybridized carbons (Fsp3) is 0.333. The molecule has 0 radical (unpaired) electrons. The van der Waals surface area contributed by atoms with E-state index in [9.17, 15) is 0 Å². The molecule has 1 aromatic rings. The number of halogens is 3. The normalized spacial score (nSPS) is 21.6. The van der Waals surface area contributed by atoms with E-state index in [4.69, 9.17) is 0 Å². The van der Waals surface area contributed by atoms with Crippen LogP contribution in [0, 0.1) is 0 Å². The van der Waals surface area contributed by atoms with Crippen molar-refractivity contribution in [3.8, 4) is 0 Å². The zero-order chi connectivity index (χ0) is 11.9. The molecular weight excluding hydrogens is 337 g/mol. The predicted molar refractivity (Wildman–Crippen MR) is 65.8 cm³/mol. The largest absolute Gasteiger partial charge is 1.00 e. The van der Waals surface area contributed by atoms with E-state index < -0.39 is 0 Å². The van der Waals surface area contributed by atoms with E-state index in [0.29, 0.717) is 0 Å². The number of allylic oxidation sites excluding steroid dienone is 4. The fourth-order valence-electron chi connectivity index (χ4n) is 2.49. The first-order valence-corrected chi connectivity index (χ1v) is 6.33. The molecule has 0 nitrogen and oxygen atoms in total. The Hall–Kier alpha value is 0.154. The zero-order valence-electron chi connectivity index (χ0n) is 11.5. The molecule has 0 N–H and O–H groups in total. The van der Waals surface area contributed by atoms with Crippen LogP contribution < -0.4 is 37.2 Å². The fourth-order valence-corrected chi connectivity index (χ4v) is 3.21. The summed E-state index contributed by atoms with van der Waals surface area (Å²) in [5.74, 6) is 0. The van der Waals surface area contributed by atoms with Gasteiger partial charge in [-0.25, -0.2) is 0 Å². The van der Waals surface area contributed by atoms with Gasteiger partial charge in [0.1, 0.15) is 0 Å². The Morgan fingerprint density at radius 3 is 1.68 bits per heavy atom. The van der Waals surface area contributed by atoms with Crippen molar-refractivity contribution in [1.29, 1.82) is 0 Å². The summed E-state index contributed by atoms with van der Waals surface area (Å²) in [6, 6.07) is 10.7. The van der Waals surface area contributed by atoms with Crippen molar-refractivity contribution in [1.82, 2.24) is 0 Å². The van der Waals surface area contributed by atoms with Crippen LogP contribution in [0.25, 0.3) is 5.57 Å². The van der Waals surface area contributed by atoms with Gasteiger partial charge in [0.15, 0.2) is 0 Å². The van der Waals surface area contributed by atoms with Gasteiger partial charge in [0, 0.05) is 0 Å². The molecule has 4 heteroatoms. The standard InChI is InChI=1S/C15H17.3ClH.V/c1-10-11(2)13(4)15(12(10)3)14-8-6-5-7-9-14;;;;/h5-9H,1-4H3;3*1H;/q;;;;+3/p-3. The van der Waals surface area contributed by atoms with Crippen molar-refractivity contribution in [2.75, 3.05) is 0 Å². The predicted octanol–water partition coefficient (Wildman–Crippen LogP) is -4.45. The minimum Gasteiger partial charge on any atom is -1.00 e. The van der Waals surface area contributed by atoms with Gasteiger partial charge in [-0.2, -0.15) is 0 Å². The van der Waals surface area contributed by atoms with Gasteiger partial charge in [-0.15, -0.1) is 0 Å². The molecule has 0 bridgehead atoms. The van der Waals surface area contributed by atoms with Gasteiger partial charge < -0.3 is 37.2 Å². The average molecular weight is 355 g/mol. The molecule has 2 rings (SSSR count). The monoisotopic (exact) mass is 353 g/mol. The first-order chi connectivity index (χ1) is 7.46. The second-order valence-corrected chi connectivity index (χ2v) is 6.08. The van der Waals surface area contributed by atoms with Gasteiger partial charge >= 0.3 is 107 Å². The van der Waals surface area contributed by atoms with Crippen LogP contribution in [0.3, 0.4) is 0 Å². The number of benzene rings is 1. The van der Waals surface area contributed by atoms with Crippen LogP contribution in [0.5, 0.6) is 0 Å². The van der Waals surface area contributed by atoms with Crippen molar-refractivity contribution in [3.05, 3.63) is 52.6 Å². The van der Waals surface area contributed by atoms with Crippen molar-refractivity contribution in [2.45, 2.75) is 31.8 Å². The van der Waals surface area contributed by atoms with E-state index in [0.717, 1.165) is 0 Å². The summed E-state index contributed by atoms with van der Waals surface area (Å²) in [6.45, 7) is 9.00. The van der Waals surface area contributed by atoms with E-state index in [1.54, 1.807) is 0 Å². The third-order valence-electron chi connectivity index (χ3n) is 3.78. The van der Waals surface area contributed by atoms with Gasteiger partial charge in [-0.1, -0.05) is 0 Å². The minimum atomic E-state index is 0. The molecule has 0 heterocycles. The molecule has 1 atom stereocenters. The summed E-state index contributed by atoms with van der Waals surface area (Å²) in [5, 5.41) is 0. The molecule has 0 amide bonds. The Kier molecular flexibility index (Phi) is 8.82.